The van der Waals surface area contributed by atoms with Crippen molar-refractivity contribution >= 4 is 21.8 Å². The number of hydrogen-bond donors (Lipinski definition) is 2. The lowest BCUT2D eigenvalue weighted by molar-refractivity contribution is 0.582. The molecule has 2 aromatic rings. The average Bonchev–Trinajstić information content (AvgIpc) is 2.58. The van der Waals surface area contributed by atoms with Crippen molar-refractivity contribution in [3.05, 3.63) is 41.6 Å². The monoisotopic (exact) mass is 360 g/mol. The molecule has 0 aliphatic rings. The second-order valence-electron chi connectivity index (χ2n) is 5.52. The highest BCUT2D eigenvalue weighted by atomic mass is 32.2. The minimum absolute atomic E-state index is 0.0285. The number of nitrogens with zero attached hydrogens (tertiary/aromatic N) is 4. The Kier molecular flexibility index (Phi) is 5.90. The molecule has 0 atom stereocenters. The fourth-order valence-corrected chi connectivity index (χ4v) is 3.28. The van der Waals surface area contributed by atoms with Gasteiger partial charge in [0.1, 0.15) is 11.9 Å². The van der Waals surface area contributed by atoms with Crippen LogP contribution in [-0.2, 0) is 10.0 Å². The van der Waals surface area contributed by atoms with Gasteiger partial charge in [0.2, 0.25) is 16.0 Å². The van der Waals surface area contributed by atoms with Crippen molar-refractivity contribution in [2.24, 2.45) is 0 Å². The number of rotatable bonds is 7. The fraction of sp³-hybridized carbons (Fsp3) is 0.312. The van der Waals surface area contributed by atoms with Crippen molar-refractivity contribution in [1.29, 1.82) is 5.26 Å². The fourth-order valence-electron chi connectivity index (χ4n) is 2.09. The minimum atomic E-state index is -3.75. The highest BCUT2D eigenvalue weighted by Crippen LogP contribution is 2.14. The molecule has 0 saturated carbocycles. The minimum Gasteiger partial charge on any atom is -0.363 e. The van der Waals surface area contributed by atoms with Crippen molar-refractivity contribution in [3.8, 4) is 6.07 Å². The number of anilines is 2. The molecule has 2 rings (SSSR count). The van der Waals surface area contributed by atoms with E-state index < -0.39 is 10.0 Å². The van der Waals surface area contributed by atoms with Crippen LogP contribution < -0.4 is 14.9 Å². The third-order valence-corrected chi connectivity index (χ3v) is 4.82. The number of benzene rings is 1. The van der Waals surface area contributed by atoms with Crippen LogP contribution in [-0.4, -0.2) is 45.6 Å². The van der Waals surface area contributed by atoms with Crippen molar-refractivity contribution in [3.63, 3.8) is 0 Å². The molecular formula is C16H20N6O2S. The van der Waals surface area contributed by atoms with E-state index >= 15 is 0 Å². The Morgan fingerprint density at radius 3 is 2.60 bits per heavy atom. The molecule has 0 bridgehead atoms. The van der Waals surface area contributed by atoms with Crippen LogP contribution in [0, 0.1) is 18.3 Å². The summed E-state index contributed by atoms with van der Waals surface area (Å²) in [5, 5.41) is 12.0. The Morgan fingerprint density at radius 1 is 1.20 bits per heavy atom. The number of hydrogen-bond acceptors (Lipinski definition) is 7. The lowest BCUT2D eigenvalue weighted by Gasteiger charge is -2.14. The standard InChI is InChI=1S/C16H20N6O2S/c1-12-10-15(22(2)3)21-16(20-12)18-8-9-19-25(23,24)14-7-5-4-6-13(14)11-17/h4-7,10,19H,8-9H2,1-3H3,(H,18,20,21). The zero-order chi connectivity index (χ0) is 18.4. The smallest absolute Gasteiger partial charge is 0.241 e. The molecule has 1 heterocycles. The number of sulfonamides is 1. The molecule has 1 aromatic carbocycles. The summed E-state index contributed by atoms with van der Waals surface area (Å²) in [7, 11) is 0.0138. The van der Waals surface area contributed by atoms with E-state index in [2.05, 4.69) is 20.0 Å². The Hall–Kier alpha value is -2.70. The van der Waals surface area contributed by atoms with Gasteiger partial charge in [0, 0.05) is 38.9 Å². The number of aryl methyl sites for hydroxylation is 1. The summed E-state index contributed by atoms with van der Waals surface area (Å²) in [5.74, 6) is 1.19. The van der Waals surface area contributed by atoms with Crippen molar-refractivity contribution in [2.45, 2.75) is 11.8 Å². The van der Waals surface area contributed by atoms with Crippen LogP contribution in [0.15, 0.2) is 35.2 Å². The molecule has 2 N–H and O–H groups in total. The Bertz CT molecular complexity index is 890. The second kappa shape index (κ2) is 7.92. The lowest BCUT2D eigenvalue weighted by atomic mass is 10.2. The summed E-state index contributed by atoms with van der Waals surface area (Å²) in [6.45, 7) is 2.31. The summed E-state index contributed by atoms with van der Waals surface area (Å²) in [4.78, 5) is 10.4. The summed E-state index contributed by atoms with van der Waals surface area (Å²) < 4.78 is 27.1. The molecule has 0 amide bonds. The molecule has 25 heavy (non-hydrogen) atoms. The molecule has 0 fully saturated rings. The molecule has 0 unspecified atom stereocenters. The molecular weight excluding hydrogens is 340 g/mol. The topological polar surface area (TPSA) is 111 Å². The Labute approximate surface area is 147 Å². The van der Waals surface area contributed by atoms with Crippen LogP contribution >= 0.6 is 0 Å². The van der Waals surface area contributed by atoms with Crippen molar-refractivity contribution in [1.82, 2.24) is 14.7 Å². The summed E-state index contributed by atoms with van der Waals surface area (Å²) in [6, 6.07) is 9.81. The molecule has 0 aliphatic heterocycles. The van der Waals surface area contributed by atoms with Gasteiger partial charge in [-0.05, 0) is 19.1 Å². The molecule has 8 nitrogen and oxygen atoms in total. The summed E-state index contributed by atoms with van der Waals surface area (Å²) in [6.07, 6.45) is 0. The van der Waals surface area contributed by atoms with Crippen molar-refractivity contribution in [2.75, 3.05) is 37.4 Å². The van der Waals surface area contributed by atoms with E-state index in [1.807, 2.05) is 38.1 Å². The maximum Gasteiger partial charge on any atom is 0.241 e. The van der Waals surface area contributed by atoms with Gasteiger partial charge >= 0.3 is 0 Å². The predicted octanol–water partition coefficient (Wildman–Crippen LogP) is 1.11. The van der Waals surface area contributed by atoms with E-state index in [0.29, 0.717) is 12.5 Å². The lowest BCUT2D eigenvalue weighted by Crippen LogP contribution is -2.29. The Balaban J connectivity index is 1.98. The SMILES string of the molecule is Cc1cc(N(C)C)nc(NCCNS(=O)(=O)c2ccccc2C#N)n1. The van der Waals surface area contributed by atoms with Gasteiger partial charge in [-0.3, -0.25) is 0 Å². The molecule has 0 radical (unpaired) electrons. The molecule has 0 saturated heterocycles. The zero-order valence-corrected chi connectivity index (χ0v) is 15.1. The van der Waals surface area contributed by atoms with Crippen LogP contribution in [0.3, 0.4) is 0 Å². The van der Waals surface area contributed by atoms with Crippen LogP contribution in [0.4, 0.5) is 11.8 Å². The first-order chi connectivity index (χ1) is 11.8. The third-order valence-electron chi connectivity index (χ3n) is 3.30. The quantitative estimate of drug-likeness (QED) is 0.712. The summed E-state index contributed by atoms with van der Waals surface area (Å²) in [5.41, 5.74) is 0.922. The number of nitrogens with one attached hydrogen (secondary N) is 2. The van der Waals surface area contributed by atoms with Gasteiger partial charge in [-0.2, -0.15) is 10.2 Å². The second-order valence-corrected chi connectivity index (χ2v) is 7.25. The number of aromatic nitrogens is 2. The van der Waals surface area contributed by atoms with Crippen LogP contribution in [0.1, 0.15) is 11.3 Å². The first-order valence-electron chi connectivity index (χ1n) is 7.59. The normalized spacial score (nSPS) is 11.0. The largest absolute Gasteiger partial charge is 0.363 e. The van der Waals surface area contributed by atoms with Gasteiger partial charge in [0.25, 0.3) is 0 Å². The van der Waals surface area contributed by atoms with E-state index in [0.717, 1.165) is 11.5 Å². The van der Waals surface area contributed by atoms with Crippen LogP contribution in [0.2, 0.25) is 0 Å². The molecule has 0 spiro atoms. The third kappa shape index (κ3) is 4.89. The Morgan fingerprint density at radius 2 is 1.92 bits per heavy atom. The predicted molar refractivity (Wildman–Crippen MR) is 95.9 cm³/mol. The van der Waals surface area contributed by atoms with Crippen molar-refractivity contribution < 1.29 is 8.42 Å². The highest BCUT2D eigenvalue weighted by Gasteiger charge is 2.17. The highest BCUT2D eigenvalue weighted by molar-refractivity contribution is 7.89. The summed E-state index contributed by atoms with van der Waals surface area (Å²) >= 11 is 0. The van der Waals surface area contributed by atoms with Gasteiger partial charge in [-0.15, -0.1) is 0 Å². The maximum atomic E-state index is 12.3. The van der Waals surface area contributed by atoms with Gasteiger partial charge in [0.05, 0.1) is 10.5 Å². The first-order valence-corrected chi connectivity index (χ1v) is 9.07. The van der Waals surface area contributed by atoms with E-state index in [9.17, 15) is 8.42 Å². The molecule has 0 aliphatic carbocycles. The van der Waals surface area contributed by atoms with Gasteiger partial charge in [0.15, 0.2) is 0 Å². The molecule has 9 heteroatoms. The average molecular weight is 360 g/mol. The number of nitriles is 1. The van der Waals surface area contributed by atoms with E-state index in [4.69, 9.17) is 5.26 Å². The molecule has 132 valence electrons. The van der Waals surface area contributed by atoms with Crippen LogP contribution in [0.25, 0.3) is 0 Å². The van der Waals surface area contributed by atoms with Gasteiger partial charge < -0.3 is 10.2 Å². The van der Waals surface area contributed by atoms with Crippen LogP contribution in [0.5, 0.6) is 0 Å². The van der Waals surface area contributed by atoms with Gasteiger partial charge in [-0.25, -0.2) is 18.1 Å². The van der Waals surface area contributed by atoms with E-state index in [-0.39, 0.29) is 17.0 Å². The zero-order valence-electron chi connectivity index (χ0n) is 14.3. The van der Waals surface area contributed by atoms with E-state index in [1.165, 1.54) is 12.1 Å². The van der Waals surface area contributed by atoms with E-state index in [1.54, 1.807) is 12.1 Å². The first kappa shape index (κ1) is 18.6. The van der Waals surface area contributed by atoms with Gasteiger partial charge in [-0.1, -0.05) is 12.1 Å². The molecule has 1 aromatic heterocycles. The maximum absolute atomic E-state index is 12.3.